The van der Waals surface area contributed by atoms with E-state index >= 15 is 0 Å². The highest BCUT2D eigenvalue weighted by Crippen LogP contribution is 2.34. The number of hydrogen-bond donors (Lipinski definition) is 2. The summed E-state index contributed by atoms with van der Waals surface area (Å²) in [7, 11) is -3.71. The fourth-order valence-corrected chi connectivity index (χ4v) is 5.89. The minimum Gasteiger partial charge on any atom is -0.324 e. The SMILES string of the molecule is O=C(Nc1cncc2ccccc12)C1CN(S(=O)(=O)NC2CCC2)Cc2ccc(Cl)cc21. The predicted molar refractivity (Wildman–Crippen MR) is 125 cm³/mol. The van der Waals surface area contributed by atoms with Crippen LogP contribution in [0.15, 0.2) is 54.9 Å². The molecule has 9 heteroatoms. The van der Waals surface area contributed by atoms with Gasteiger partial charge in [0.2, 0.25) is 5.91 Å². The number of carbonyl (C=O) groups excluding carboxylic acids is 1. The Morgan fingerprint density at radius 3 is 2.72 bits per heavy atom. The second kappa shape index (κ2) is 8.44. The molecular formula is C23H23ClN4O3S. The first-order valence-electron chi connectivity index (χ1n) is 10.6. The van der Waals surface area contributed by atoms with Crippen molar-refractivity contribution in [2.45, 2.75) is 37.8 Å². The number of amides is 1. The number of pyridine rings is 1. The number of carbonyl (C=O) groups is 1. The lowest BCUT2D eigenvalue weighted by atomic mass is 9.90. The van der Waals surface area contributed by atoms with Gasteiger partial charge in [-0.25, -0.2) is 0 Å². The number of benzene rings is 2. The van der Waals surface area contributed by atoms with Crippen LogP contribution in [-0.4, -0.2) is 36.2 Å². The van der Waals surface area contributed by atoms with E-state index in [9.17, 15) is 13.2 Å². The quantitative estimate of drug-likeness (QED) is 0.593. The van der Waals surface area contributed by atoms with Crippen molar-refractivity contribution in [3.63, 3.8) is 0 Å². The van der Waals surface area contributed by atoms with Crippen LogP contribution >= 0.6 is 11.6 Å². The van der Waals surface area contributed by atoms with Crippen molar-refractivity contribution in [3.05, 3.63) is 71.0 Å². The minimum atomic E-state index is -3.71. The third kappa shape index (κ3) is 4.11. The van der Waals surface area contributed by atoms with Gasteiger partial charge in [0.1, 0.15) is 0 Å². The van der Waals surface area contributed by atoms with Gasteiger partial charge >= 0.3 is 0 Å². The van der Waals surface area contributed by atoms with Crippen molar-refractivity contribution in [3.8, 4) is 0 Å². The number of anilines is 1. The maximum Gasteiger partial charge on any atom is 0.280 e. The summed E-state index contributed by atoms with van der Waals surface area (Å²) in [5, 5.41) is 5.25. The summed E-state index contributed by atoms with van der Waals surface area (Å²) in [5.74, 6) is -0.996. The summed E-state index contributed by atoms with van der Waals surface area (Å²) in [6.07, 6.45) is 6.06. The Labute approximate surface area is 192 Å². The Hall–Kier alpha value is -2.52. The monoisotopic (exact) mass is 470 g/mol. The molecule has 1 amide bonds. The van der Waals surface area contributed by atoms with E-state index in [0.29, 0.717) is 10.7 Å². The first-order chi connectivity index (χ1) is 15.4. The van der Waals surface area contributed by atoms with E-state index in [-0.39, 0.29) is 25.0 Å². The van der Waals surface area contributed by atoms with Gasteiger partial charge in [0.15, 0.2) is 0 Å². The molecule has 2 aromatic carbocycles. The fourth-order valence-electron chi connectivity index (χ4n) is 4.25. The second-order valence-corrected chi connectivity index (χ2v) is 10.5. The lowest BCUT2D eigenvalue weighted by Gasteiger charge is -2.35. The van der Waals surface area contributed by atoms with Crippen LogP contribution in [0.5, 0.6) is 0 Å². The first-order valence-corrected chi connectivity index (χ1v) is 12.4. The van der Waals surface area contributed by atoms with Crippen LogP contribution in [0.25, 0.3) is 10.8 Å². The van der Waals surface area contributed by atoms with E-state index in [0.717, 1.165) is 41.2 Å². The highest BCUT2D eigenvalue weighted by molar-refractivity contribution is 7.87. The van der Waals surface area contributed by atoms with E-state index < -0.39 is 16.1 Å². The molecule has 2 N–H and O–H groups in total. The van der Waals surface area contributed by atoms with E-state index in [1.54, 1.807) is 30.6 Å². The predicted octanol–water partition coefficient (Wildman–Crippen LogP) is 3.81. The molecule has 166 valence electrons. The lowest BCUT2D eigenvalue weighted by Crippen LogP contribution is -2.50. The molecule has 1 aliphatic carbocycles. The molecule has 1 fully saturated rings. The topological polar surface area (TPSA) is 91.4 Å². The van der Waals surface area contributed by atoms with Gasteiger partial charge in [0.05, 0.1) is 17.8 Å². The van der Waals surface area contributed by atoms with Crippen molar-refractivity contribution in [2.75, 3.05) is 11.9 Å². The first kappa shape index (κ1) is 21.3. The Kier molecular flexibility index (Phi) is 5.63. The van der Waals surface area contributed by atoms with Crippen LogP contribution < -0.4 is 10.0 Å². The van der Waals surface area contributed by atoms with E-state index in [4.69, 9.17) is 11.6 Å². The van der Waals surface area contributed by atoms with Crippen LogP contribution in [0.2, 0.25) is 5.02 Å². The standard InChI is InChI=1S/C23H23ClN4O3S/c24-17-9-8-16-13-28(32(30,31)27-18-5-3-6-18)14-21(20(16)10-17)23(29)26-22-12-25-11-15-4-1-2-7-19(15)22/h1-2,4,7-12,18,21,27H,3,5-6,13-14H2,(H,26,29). The van der Waals surface area contributed by atoms with Crippen molar-refractivity contribution in [1.29, 1.82) is 0 Å². The second-order valence-electron chi connectivity index (χ2n) is 8.34. The van der Waals surface area contributed by atoms with Crippen LogP contribution in [0.1, 0.15) is 36.3 Å². The number of nitrogens with zero attached hydrogens (tertiary/aromatic N) is 2. The summed E-state index contributed by atoms with van der Waals surface area (Å²) in [4.78, 5) is 17.6. The zero-order valence-electron chi connectivity index (χ0n) is 17.3. The molecule has 1 aliphatic heterocycles. The van der Waals surface area contributed by atoms with Gasteiger partial charge in [0.25, 0.3) is 10.2 Å². The normalized spacial score (nSPS) is 19.3. The van der Waals surface area contributed by atoms with E-state index in [2.05, 4.69) is 15.0 Å². The summed E-state index contributed by atoms with van der Waals surface area (Å²) in [6.45, 7) is 0.244. The molecule has 1 saturated carbocycles. The fraction of sp³-hybridized carbons (Fsp3) is 0.304. The molecule has 7 nitrogen and oxygen atoms in total. The molecule has 32 heavy (non-hydrogen) atoms. The number of aromatic nitrogens is 1. The molecular weight excluding hydrogens is 448 g/mol. The maximum atomic E-state index is 13.4. The Morgan fingerprint density at radius 1 is 1.12 bits per heavy atom. The Morgan fingerprint density at radius 2 is 1.94 bits per heavy atom. The zero-order valence-corrected chi connectivity index (χ0v) is 18.9. The van der Waals surface area contributed by atoms with Gasteiger partial charge in [0, 0.05) is 41.1 Å². The number of halogens is 1. The summed E-state index contributed by atoms with van der Waals surface area (Å²) < 4.78 is 30.2. The van der Waals surface area contributed by atoms with E-state index in [1.165, 1.54) is 4.31 Å². The third-order valence-corrected chi connectivity index (χ3v) is 8.04. The Balaban J connectivity index is 1.46. The third-order valence-electron chi connectivity index (χ3n) is 6.22. The van der Waals surface area contributed by atoms with Crippen molar-refractivity contribution in [2.24, 2.45) is 0 Å². The van der Waals surface area contributed by atoms with Crippen LogP contribution in [0, 0.1) is 0 Å². The Bertz CT molecular complexity index is 1290. The molecule has 3 aromatic rings. The average Bonchev–Trinajstić information content (AvgIpc) is 2.76. The zero-order chi connectivity index (χ0) is 22.3. The molecule has 1 atom stereocenters. The molecule has 2 aliphatic rings. The van der Waals surface area contributed by atoms with Crippen molar-refractivity contribution < 1.29 is 13.2 Å². The van der Waals surface area contributed by atoms with Gasteiger partial charge in [-0.2, -0.15) is 17.4 Å². The average molecular weight is 471 g/mol. The number of rotatable bonds is 5. The number of nitrogens with one attached hydrogen (secondary N) is 2. The molecule has 1 aromatic heterocycles. The van der Waals surface area contributed by atoms with Gasteiger partial charge < -0.3 is 5.32 Å². The van der Waals surface area contributed by atoms with Crippen molar-refractivity contribution >= 4 is 44.2 Å². The van der Waals surface area contributed by atoms with Gasteiger partial charge in [-0.15, -0.1) is 0 Å². The summed E-state index contributed by atoms with van der Waals surface area (Å²) in [6, 6.07) is 12.9. The van der Waals surface area contributed by atoms with E-state index in [1.807, 2.05) is 24.3 Å². The van der Waals surface area contributed by atoms with Gasteiger partial charge in [-0.05, 0) is 36.1 Å². The molecule has 0 radical (unpaired) electrons. The van der Waals surface area contributed by atoms with Crippen LogP contribution in [0.3, 0.4) is 0 Å². The molecule has 0 saturated heterocycles. The highest BCUT2D eigenvalue weighted by atomic mass is 35.5. The smallest absolute Gasteiger partial charge is 0.280 e. The van der Waals surface area contributed by atoms with Gasteiger partial charge in [-0.1, -0.05) is 48.4 Å². The van der Waals surface area contributed by atoms with Crippen molar-refractivity contribution in [1.82, 2.24) is 14.0 Å². The largest absolute Gasteiger partial charge is 0.324 e. The lowest BCUT2D eigenvalue weighted by molar-refractivity contribution is -0.118. The molecule has 2 heterocycles. The summed E-state index contributed by atoms with van der Waals surface area (Å²) >= 11 is 6.22. The van der Waals surface area contributed by atoms with Crippen LogP contribution in [0.4, 0.5) is 5.69 Å². The highest BCUT2D eigenvalue weighted by Gasteiger charge is 2.37. The maximum absolute atomic E-state index is 13.4. The molecule has 5 rings (SSSR count). The number of fused-ring (bicyclic) bond motifs is 2. The minimum absolute atomic E-state index is 0.0272. The molecule has 0 spiro atoms. The van der Waals surface area contributed by atoms with Crippen LogP contribution in [-0.2, 0) is 21.5 Å². The number of hydrogen-bond acceptors (Lipinski definition) is 4. The molecule has 0 bridgehead atoms. The molecule has 1 unspecified atom stereocenters. The van der Waals surface area contributed by atoms with Gasteiger partial charge in [-0.3, -0.25) is 9.78 Å². The summed E-state index contributed by atoms with van der Waals surface area (Å²) in [5.41, 5.74) is 2.11.